The van der Waals surface area contributed by atoms with Crippen molar-refractivity contribution in [2.24, 2.45) is 22.2 Å². The number of guanidine groups is 1. The monoisotopic (exact) mass is 304 g/mol. The topological polar surface area (TPSA) is 126 Å². The van der Waals surface area contributed by atoms with Crippen molar-refractivity contribution < 1.29 is 14.3 Å². The summed E-state index contributed by atoms with van der Waals surface area (Å²) in [4.78, 5) is 15.8. The van der Waals surface area contributed by atoms with E-state index in [0.717, 1.165) is 11.3 Å². The molecule has 1 aliphatic heterocycles. The average Bonchev–Trinajstić information content (AvgIpc) is 2.51. The number of hydrogen-bond acceptors (Lipinski definition) is 5. The van der Waals surface area contributed by atoms with Crippen LogP contribution in [0.25, 0.3) is 6.08 Å². The number of rotatable bonds is 6. The normalized spacial score (nSPS) is 14.1. The van der Waals surface area contributed by atoms with Crippen LogP contribution in [0, 0.1) is 0 Å². The summed E-state index contributed by atoms with van der Waals surface area (Å²) in [6.45, 7) is 0.645. The zero-order valence-electron chi connectivity index (χ0n) is 12.2. The van der Waals surface area contributed by atoms with Gasteiger partial charge in [0.15, 0.2) is 5.96 Å². The fourth-order valence-electron chi connectivity index (χ4n) is 2.00. The van der Waals surface area contributed by atoms with E-state index in [1.165, 1.54) is 0 Å². The lowest BCUT2D eigenvalue weighted by molar-refractivity contribution is -0.141. The zero-order valence-corrected chi connectivity index (χ0v) is 12.2. The first kappa shape index (κ1) is 15.8. The van der Waals surface area contributed by atoms with Gasteiger partial charge in [-0.25, -0.2) is 4.79 Å². The lowest BCUT2D eigenvalue weighted by Crippen LogP contribution is -2.33. The molecule has 0 unspecified atom stereocenters. The number of aliphatic imine (C=N–C) groups is 1. The van der Waals surface area contributed by atoms with Crippen LogP contribution in [-0.4, -0.2) is 31.1 Å². The summed E-state index contributed by atoms with van der Waals surface area (Å²) < 4.78 is 10.8. The minimum atomic E-state index is -0.715. The van der Waals surface area contributed by atoms with E-state index in [2.05, 4.69) is 4.99 Å². The maximum Gasteiger partial charge on any atom is 0.328 e. The first-order valence-corrected chi connectivity index (χ1v) is 7.01. The largest absolute Gasteiger partial charge is 0.485 e. The van der Waals surface area contributed by atoms with Gasteiger partial charge in [-0.2, -0.15) is 0 Å². The first-order chi connectivity index (χ1) is 10.6. The Morgan fingerprint density at radius 3 is 2.91 bits per heavy atom. The molecule has 0 saturated heterocycles. The molecule has 1 atom stereocenters. The SMILES string of the molecule is NC(N)=NCCC[C@H](N)C(=O)OC1=Cc2ccccc2OC1. The maximum absolute atomic E-state index is 11.9. The van der Waals surface area contributed by atoms with Crippen molar-refractivity contribution in [2.75, 3.05) is 13.2 Å². The van der Waals surface area contributed by atoms with Crippen molar-refractivity contribution in [1.82, 2.24) is 0 Å². The molecule has 0 amide bonds. The maximum atomic E-state index is 11.9. The predicted octanol–water partition coefficient (Wildman–Crippen LogP) is 0.344. The highest BCUT2D eigenvalue weighted by atomic mass is 16.6. The van der Waals surface area contributed by atoms with E-state index in [4.69, 9.17) is 26.7 Å². The molecule has 2 rings (SSSR count). The second-order valence-electron chi connectivity index (χ2n) is 4.91. The van der Waals surface area contributed by atoms with Gasteiger partial charge < -0.3 is 26.7 Å². The summed E-state index contributed by atoms with van der Waals surface area (Å²) >= 11 is 0. The third kappa shape index (κ3) is 4.49. The molecule has 1 aliphatic rings. The van der Waals surface area contributed by atoms with E-state index in [1.54, 1.807) is 6.08 Å². The number of esters is 1. The molecule has 0 aliphatic carbocycles. The second kappa shape index (κ2) is 7.46. The quantitative estimate of drug-likeness (QED) is 0.301. The lowest BCUT2D eigenvalue weighted by atomic mass is 10.1. The van der Waals surface area contributed by atoms with Crippen LogP contribution >= 0.6 is 0 Å². The van der Waals surface area contributed by atoms with Gasteiger partial charge in [0, 0.05) is 12.1 Å². The molecular formula is C15H20N4O3. The molecular weight excluding hydrogens is 284 g/mol. The van der Waals surface area contributed by atoms with Crippen LogP contribution in [0.15, 0.2) is 35.0 Å². The number of para-hydroxylation sites is 1. The van der Waals surface area contributed by atoms with Crippen molar-refractivity contribution in [2.45, 2.75) is 18.9 Å². The van der Waals surface area contributed by atoms with Crippen LogP contribution in [-0.2, 0) is 9.53 Å². The van der Waals surface area contributed by atoms with Crippen LogP contribution in [0.5, 0.6) is 5.75 Å². The molecule has 0 saturated carbocycles. The molecule has 6 N–H and O–H groups in total. The Kier molecular flexibility index (Phi) is 5.37. The van der Waals surface area contributed by atoms with Gasteiger partial charge in [0.2, 0.25) is 0 Å². The Hall–Kier alpha value is -2.54. The second-order valence-corrected chi connectivity index (χ2v) is 4.91. The van der Waals surface area contributed by atoms with Gasteiger partial charge in [-0.15, -0.1) is 0 Å². The Morgan fingerprint density at radius 1 is 1.36 bits per heavy atom. The van der Waals surface area contributed by atoms with Crippen LogP contribution in [0.2, 0.25) is 0 Å². The number of ether oxygens (including phenoxy) is 2. The minimum Gasteiger partial charge on any atom is -0.485 e. The molecule has 0 aromatic heterocycles. The fourth-order valence-corrected chi connectivity index (χ4v) is 2.00. The molecule has 0 bridgehead atoms. The number of fused-ring (bicyclic) bond motifs is 1. The number of carbonyl (C=O) groups is 1. The molecule has 1 aromatic rings. The number of hydrogen-bond donors (Lipinski definition) is 3. The first-order valence-electron chi connectivity index (χ1n) is 7.01. The van der Waals surface area contributed by atoms with E-state index >= 15 is 0 Å². The molecule has 0 radical (unpaired) electrons. The fraction of sp³-hybridized carbons (Fsp3) is 0.333. The number of nitrogens with two attached hydrogens (primary N) is 3. The third-order valence-electron chi connectivity index (χ3n) is 3.11. The van der Waals surface area contributed by atoms with Gasteiger partial charge in [-0.05, 0) is 25.0 Å². The van der Waals surface area contributed by atoms with E-state index in [9.17, 15) is 4.79 Å². The van der Waals surface area contributed by atoms with Crippen LogP contribution < -0.4 is 21.9 Å². The van der Waals surface area contributed by atoms with Crippen LogP contribution in [0.4, 0.5) is 0 Å². The Labute approximate surface area is 128 Å². The third-order valence-corrected chi connectivity index (χ3v) is 3.11. The van der Waals surface area contributed by atoms with Crippen molar-refractivity contribution in [3.63, 3.8) is 0 Å². The molecule has 7 nitrogen and oxygen atoms in total. The van der Waals surface area contributed by atoms with Crippen LogP contribution in [0.1, 0.15) is 18.4 Å². The van der Waals surface area contributed by atoms with Crippen molar-refractivity contribution >= 4 is 18.0 Å². The number of carbonyl (C=O) groups excluding carboxylic acids is 1. The number of benzene rings is 1. The average molecular weight is 304 g/mol. The van der Waals surface area contributed by atoms with Gasteiger partial charge in [-0.3, -0.25) is 4.99 Å². The van der Waals surface area contributed by atoms with E-state index in [0.29, 0.717) is 25.1 Å². The molecule has 22 heavy (non-hydrogen) atoms. The molecule has 0 fully saturated rings. The lowest BCUT2D eigenvalue weighted by Gasteiger charge is -2.18. The van der Waals surface area contributed by atoms with Crippen molar-refractivity contribution in [1.29, 1.82) is 0 Å². The summed E-state index contributed by atoms with van der Waals surface area (Å²) in [7, 11) is 0. The van der Waals surface area contributed by atoms with Crippen molar-refractivity contribution in [3.8, 4) is 5.75 Å². The van der Waals surface area contributed by atoms with Crippen molar-refractivity contribution in [3.05, 3.63) is 35.6 Å². The molecule has 1 aromatic carbocycles. The zero-order chi connectivity index (χ0) is 15.9. The Balaban J connectivity index is 1.84. The summed E-state index contributed by atoms with van der Waals surface area (Å²) in [5, 5.41) is 0. The highest BCUT2D eigenvalue weighted by molar-refractivity contribution is 5.78. The Bertz CT molecular complexity index is 594. The standard InChI is InChI=1S/C15H20N4O3/c16-12(5-3-7-19-15(17)18)14(20)22-11-8-10-4-1-2-6-13(10)21-9-11/h1-2,4,6,8,12H,3,5,7,9,16H2,(H4,17,18,19)/t12-/m0/s1. The van der Waals surface area contributed by atoms with Crippen LogP contribution in [0.3, 0.4) is 0 Å². The molecule has 118 valence electrons. The molecule has 7 heteroatoms. The van der Waals surface area contributed by atoms with Gasteiger partial charge >= 0.3 is 5.97 Å². The highest BCUT2D eigenvalue weighted by Gasteiger charge is 2.19. The minimum absolute atomic E-state index is 0.0272. The predicted molar refractivity (Wildman–Crippen MR) is 83.9 cm³/mol. The van der Waals surface area contributed by atoms with E-state index in [1.807, 2.05) is 24.3 Å². The summed E-state index contributed by atoms with van der Waals surface area (Å²) in [6, 6.07) is 6.80. The van der Waals surface area contributed by atoms with E-state index < -0.39 is 12.0 Å². The van der Waals surface area contributed by atoms with Gasteiger partial charge in [0.05, 0.1) is 0 Å². The van der Waals surface area contributed by atoms with Gasteiger partial charge in [0.1, 0.15) is 24.2 Å². The highest BCUT2D eigenvalue weighted by Crippen LogP contribution is 2.26. The summed E-state index contributed by atoms with van der Waals surface area (Å²) in [5.74, 6) is 0.755. The summed E-state index contributed by atoms with van der Waals surface area (Å²) in [5.41, 5.74) is 17.1. The number of nitrogens with zero attached hydrogens (tertiary/aromatic N) is 1. The van der Waals surface area contributed by atoms with Gasteiger partial charge in [0.25, 0.3) is 0 Å². The summed E-state index contributed by atoms with van der Waals surface area (Å²) in [6.07, 6.45) is 2.83. The smallest absolute Gasteiger partial charge is 0.328 e. The Morgan fingerprint density at radius 2 is 2.14 bits per heavy atom. The van der Waals surface area contributed by atoms with E-state index in [-0.39, 0.29) is 12.6 Å². The molecule has 1 heterocycles. The van der Waals surface area contributed by atoms with Gasteiger partial charge in [-0.1, -0.05) is 18.2 Å². The molecule has 0 spiro atoms.